The van der Waals surface area contributed by atoms with E-state index in [9.17, 15) is 0 Å². The van der Waals surface area contributed by atoms with Crippen molar-refractivity contribution in [3.8, 4) is 11.6 Å². The fraction of sp³-hybridized carbons (Fsp3) is 0.0769. The molecule has 0 atom stereocenters. The molecule has 1 aromatic carbocycles. The van der Waals surface area contributed by atoms with Gasteiger partial charge in [-0.25, -0.2) is 9.97 Å². The molecule has 2 aromatic heterocycles. The van der Waals surface area contributed by atoms with Crippen LogP contribution in [0.2, 0.25) is 10.0 Å². The topological polar surface area (TPSA) is 50.8 Å². The Bertz CT molecular complexity index is 755. The Morgan fingerprint density at radius 2 is 2.05 bits per heavy atom. The van der Waals surface area contributed by atoms with Crippen LogP contribution in [-0.4, -0.2) is 15.0 Å². The van der Waals surface area contributed by atoms with Crippen molar-refractivity contribution < 1.29 is 4.74 Å². The molecule has 0 aliphatic carbocycles. The molecule has 1 N–H and O–H groups in total. The second kappa shape index (κ2) is 4.72. The zero-order valence-corrected chi connectivity index (χ0v) is 11.5. The molecule has 0 aliphatic rings. The van der Waals surface area contributed by atoms with E-state index in [1.54, 1.807) is 6.07 Å². The lowest BCUT2D eigenvalue weighted by atomic mass is 10.3. The number of hydrogen-bond acceptors (Lipinski definition) is 3. The number of pyridine rings is 1. The van der Waals surface area contributed by atoms with Crippen molar-refractivity contribution in [2.75, 3.05) is 0 Å². The molecular weight excluding hydrogens is 285 g/mol. The number of benzene rings is 1. The summed E-state index contributed by atoms with van der Waals surface area (Å²) >= 11 is 11.8. The summed E-state index contributed by atoms with van der Waals surface area (Å²) in [7, 11) is 0. The summed E-state index contributed by atoms with van der Waals surface area (Å²) in [5.74, 6) is 1.81. The van der Waals surface area contributed by atoms with Gasteiger partial charge in [0.1, 0.15) is 16.6 Å². The van der Waals surface area contributed by atoms with Gasteiger partial charge in [-0.15, -0.1) is 0 Å². The summed E-state index contributed by atoms with van der Waals surface area (Å²) in [6.45, 7) is 1.90. The number of aryl methyl sites for hydroxylation is 1. The number of ether oxygens (including phenoxy) is 1. The zero-order valence-electron chi connectivity index (χ0n) is 9.95. The van der Waals surface area contributed by atoms with Gasteiger partial charge in [0.2, 0.25) is 5.88 Å². The summed E-state index contributed by atoms with van der Waals surface area (Å²) < 4.78 is 5.63. The van der Waals surface area contributed by atoms with Crippen LogP contribution in [-0.2, 0) is 0 Å². The largest absolute Gasteiger partial charge is 0.437 e. The quantitative estimate of drug-likeness (QED) is 0.763. The van der Waals surface area contributed by atoms with Crippen LogP contribution in [0.3, 0.4) is 0 Å². The number of hydrogen-bond donors (Lipinski definition) is 1. The number of nitrogens with zero attached hydrogens (tertiary/aromatic N) is 2. The highest BCUT2D eigenvalue weighted by Gasteiger charge is 2.07. The normalized spacial score (nSPS) is 10.9. The van der Waals surface area contributed by atoms with Crippen molar-refractivity contribution in [2.45, 2.75) is 6.92 Å². The predicted molar refractivity (Wildman–Crippen MR) is 75.2 cm³/mol. The van der Waals surface area contributed by atoms with E-state index >= 15 is 0 Å². The van der Waals surface area contributed by atoms with Gasteiger partial charge in [-0.2, -0.15) is 0 Å². The van der Waals surface area contributed by atoms with E-state index in [4.69, 9.17) is 27.9 Å². The highest BCUT2D eigenvalue weighted by Crippen LogP contribution is 2.30. The molecule has 0 saturated carbocycles. The number of halogens is 2. The van der Waals surface area contributed by atoms with Gasteiger partial charge in [-0.05, 0) is 25.1 Å². The van der Waals surface area contributed by atoms with Gasteiger partial charge in [0.05, 0.1) is 16.1 Å². The molecule has 0 fully saturated rings. The first kappa shape index (κ1) is 12.3. The lowest BCUT2D eigenvalue weighted by Crippen LogP contribution is -1.88. The fourth-order valence-electron chi connectivity index (χ4n) is 1.77. The van der Waals surface area contributed by atoms with Crippen LogP contribution in [0.15, 0.2) is 30.5 Å². The van der Waals surface area contributed by atoms with E-state index in [-0.39, 0.29) is 0 Å². The number of H-pyrrole nitrogens is 1. The highest BCUT2D eigenvalue weighted by molar-refractivity contribution is 6.35. The molecule has 19 heavy (non-hydrogen) atoms. The molecule has 0 amide bonds. The molecule has 0 saturated heterocycles. The van der Waals surface area contributed by atoms with Crippen molar-refractivity contribution in [2.24, 2.45) is 0 Å². The van der Waals surface area contributed by atoms with E-state index in [0.29, 0.717) is 21.7 Å². The highest BCUT2D eigenvalue weighted by atomic mass is 35.5. The summed E-state index contributed by atoms with van der Waals surface area (Å²) in [4.78, 5) is 11.5. The average Bonchev–Trinajstić information content (AvgIpc) is 2.72. The first-order valence-electron chi connectivity index (χ1n) is 5.57. The summed E-state index contributed by atoms with van der Waals surface area (Å²) in [6, 6.07) is 7.12. The third kappa shape index (κ3) is 2.50. The Balaban J connectivity index is 1.96. The summed E-state index contributed by atoms with van der Waals surface area (Å²) in [6.07, 6.45) is 1.49. The Morgan fingerprint density at radius 1 is 1.21 bits per heavy atom. The Morgan fingerprint density at radius 3 is 2.84 bits per heavy atom. The van der Waals surface area contributed by atoms with E-state index < -0.39 is 0 Å². The van der Waals surface area contributed by atoms with E-state index in [2.05, 4.69) is 15.0 Å². The molecule has 3 rings (SSSR count). The van der Waals surface area contributed by atoms with Crippen molar-refractivity contribution in [1.29, 1.82) is 0 Å². The van der Waals surface area contributed by atoms with Gasteiger partial charge in [-0.1, -0.05) is 23.2 Å². The molecule has 0 aliphatic heterocycles. The molecule has 3 aromatic rings. The Labute approximate surface area is 119 Å². The van der Waals surface area contributed by atoms with Crippen LogP contribution in [0.4, 0.5) is 0 Å². The minimum Gasteiger partial charge on any atom is -0.437 e. The second-order valence-electron chi connectivity index (χ2n) is 4.04. The van der Waals surface area contributed by atoms with Crippen molar-refractivity contribution in [3.05, 3.63) is 46.3 Å². The lowest BCUT2D eigenvalue weighted by molar-refractivity contribution is 0.464. The minimum absolute atomic E-state index is 0.321. The Hall–Kier alpha value is -1.78. The molecule has 6 heteroatoms. The van der Waals surface area contributed by atoms with Gasteiger partial charge in [-0.3, -0.25) is 0 Å². The number of aromatic nitrogens is 3. The maximum absolute atomic E-state index is 6.01. The molecule has 0 spiro atoms. The number of aromatic amines is 1. The molecule has 0 unspecified atom stereocenters. The van der Waals surface area contributed by atoms with Gasteiger partial charge in [0.15, 0.2) is 0 Å². The van der Waals surface area contributed by atoms with E-state index in [0.717, 1.165) is 16.9 Å². The molecule has 0 bridgehead atoms. The smallest absolute Gasteiger partial charge is 0.238 e. The van der Waals surface area contributed by atoms with Crippen LogP contribution < -0.4 is 4.74 Å². The van der Waals surface area contributed by atoms with Crippen molar-refractivity contribution >= 4 is 34.2 Å². The van der Waals surface area contributed by atoms with Crippen LogP contribution in [0.1, 0.15) is 5.82 Å². The molecule has 4 nitrogen and oxygen atoms in total. The van der Waals surface area contributed by atoms with Crippen LogP contribution in [0, 0.1) is 6.92 Å². The van der Waals surface area contributed by atoms with Gasteiger partial charge in [0, 0.05) is 12.3 Å². The Kier molecular flexibility index (Phi) is 3.05. The monoisotopic (exact) mass is 293 g/mol. The minimum atomic E-state index is 0.321. The van der Waals surface area contributed by atoms with E-state index in [1.807, 2.05) is 25.1 Å². The van der Waals surface area contributed by atoms with Crippen molar-refractivity contribution in [3.63, 3.8) is 0 Å². The fourth-order valence-corrected chi connectivity index (χ4v) is 2.19. The van der Waals surface area contributed by atoms with Gasteiger partial charge in [0.25, 0.3) is 0 Å². The lowest BCUT2D eigenvalue weighted by Gasteiger charge is -2.06. The number of rotatable bonds is 2. The van der Waals surface area contributed by atoms with Gasteiger partial charge >= 0.3 is 0 Å². The van der Waals surface area contributed by atoms with E-state index in [1.165, 1.54) is 6.20 Å². The summed E-state index contributed by atoms with van der Waals surface area (Å²) in [5, 5.41) is 0.838. The first-order chi connectivity index (χ1) is 9.11. The number of nitrogens with one attached hydrogen (secondary N) is 1. The van der Waals surface area contributed by atoms with Crippen LogP contribution in [0.25, 0.3) is 11.0 Å². The third-order valence-electron chi connectivity index (χ3n) is 2.56. The third-order valence-corrected chi connectivity index (χ3v) is 3.04. The standard InChI is InChI=1S/C13H9Cl2N3O/c1-7-17-11-3-2-9(5-12(11)18-7)19-13-10(15)4-8(14)6-16-13/h2-6H,1H3,(H,17,18). The zero-order chi connectivity index (χ0) is 13.4. The predicted octanol–water partition coefficient (Wildman–Crippen LogP) is 4.37. The molecule has 0 radical (unpaired) electrons. The number of imidazole rings is 1. The molecule has 96 valence electrons. The first-order valence-corrected chi connectivity index (χ1v) is 6.33. The molecule has 2 heterocycles. The van der Waals surface area contributed by atoms with Crippen LogP contribution in [0.5, 0.6) is 11.6 Å². The molecular formula is C13H9Cl2N3O. The SMILES string of the molecule is Cc1nc2ccc(Oc3ncc(Cl)cc3Cl)cc2[nH]1. The van der Waals surface area contributed by atoms with Gasteiger partial charge < -0.3 is 9.72 Å². The summed E-state index contributed by atoms with van der Waals surface area (Å²) in [5.41, 5.74) is 1.79. The second-order valence-corrected chi connectivity index (χ2v) is 4.89. The average molecular weight is 294 g/mol. The van der Waals surface area contributed by atoms with Crippen molar-refractivity contribution in [1.82, 2.24) is 15.0 Å². The maximum atomic E-state index is 6.01. The maximum Gasteiger partial charge on any atom is 0.238 e. The number of fused-ring (bicyclic) bond motifs is 1. The van der Waals surface area contributed by atoms with Crippen LogP contribution >= 0.6 is 23.2 Å².